The minimum Gasteiger partial charge on any atom is -0.352 e. The van der Waals surface area contributed by atoms with Crippen LogP contribution in [-0.4, -0.2) is 58.8 Å². The Morgan fingerprint density at radius 2 is 1.66 bits per heavy atom. The number of thiazole rings is 1. The average molecular weight is 623 g/mol. The first-order valence-electron chi connectivity index (χ1n) is 16.7. The van der Waals surface area contributed by atoms with Gasteiger partial charge < -0.3 is 26.6 Å². The number of likely N-dealkylation sites (tertiary alicyclic amines) is 1. The van der Waals surface area contributed by atoms with E-state index >= 15 is 0 Å². The predicted molar refractivity (Wildman–Crippen MR) is 174 cm³/mol. The summed E-state index contributed by atoms with van der Waals surface area (Å²) in [5.41, 5.74) is 7.74. The van der Waals surface area contributed by atoms with E-state index in [1.165, 1.54) is 62.7 Å². The Balaban J connectivity index is 1.29. The molecule has 2 aromatic rings. The van der Waals surface area contributed by atoms with E-state index in [1.54, 1.807) is 6.20 Å². The van der Waals surface area contributed by atoms with E-state index in [1.807, 2.05) is 36.1 Å². The molecule has 0 spiro atoms. The van der Waals surface area contributed by atoms with Crippen LogP contribution in [0.2, 0.25) is 0 Å². The molecule has 5 N–H and O–H groups in total. The Morgan fingerprint density at radius 3 is 2.32 bits per heavy atom. The number of rotatable bonds is 11. The molecule has 0 bridgehead atoms. The van der Waals surface area contributed by atoms with Crippen LogP contribution in [-0.2, 0) is 22.7 Å². The molecular formula is C34H50N6O3S. The van der Waals surface area contributed by atoms with Gasteiger partial charge in [-0.15, -0.1) is 11.3 Å². The van der Waals surface area contributed by atoms with Gasteiger partial charge in [0.25, 0.3) is 5.91 Å². The van der Waals surface area contributed by atoms with Gasteiger partial charge in [-0.05, 0) is 49.7 Å². The first-order valence-corrected chi connectivity index (χ1v) is 17.5. The zero-order valence-electron chi connectivity index (χ0n) is 26.2. The molecule has 1 aliphatic heterocycles. The molecule has 2 unspecified atom stereocenters. The fourth-order valence-corrected chi connectivity index (χ4v) is 7.83. The maximum absolute atomic E-state index is 14.2. The van der Waals surface area contributed by atoms with Crippen LogP contribution in [0.25, 0.3) is 0 Å². The van der Waals surface area contributed by atoms with Gasteiger partial charge in [-0.25, -0.2) is 4.98 Å². The Bertz CT molecular complexity index is 1220. The highest BCUT2D eigenvalue weighted by atomic mass is 32.1. The van der Waals surface area contributed by atoms with E-state index in [9.17, 15) is 14.4 Å². The molecule has 3 aliphatic rings. The normalized spacial score (nSPS) is 22.4. The van der Waals surface area contributed by atoms with Crippen LogP contribution in [0, 0.1) is 18.8 Å². The molecule has 9 nitrogen and oxygen atoms in total. The molecule has 10 heteroatoms. The van der Waals surface area contributed by atoms with Gasteiger partial charge in [0.05, 0.1) is 12.0 Å². The largest absolute Gasteiger partial charge is 0.352 e. The number of carbonyl (C=O) groups excluding carboxylic acids is 3. The van der Waals surface area contributed by atoms with Gasteiger partial charge >= 0.3 is 0 Å². The molecular weight excluding hydrogens is 572 g/mol. The van der Waals surface area contributed by atoms with Crippen LogP contribution in [0.1, 0.15) is 103 Å². The number of nitrogens with two attached hydrogens (primary N) is 1. The van der Waals surface area contributed by atoms with Gasteiger partial charge in [0.15, 0.2) is 5.01 Å². The average Bonchev–Trinajstić information content (AvgIpc) is 3.50. The zero-order valence-corrected chi connectivity index (χ0v) is 27.0. The van der Waals surface area contributed by atoms with Crippen molar-refractivity contribution in [2.75, 3.05) is 13.1 Å². The summed E-state index contributed by atoms with van der Waals surface area (Å²) >= 11 is 1.34. The summed E-state index contributed by atoms with van der Waals surface area (Å²) < 4.78 is 0. The number of carbonyl (C=O) groups is 3. The summed E-state index contributed by atoms with van der Waals surface area (Å²) in [6, 6.07) is 7.63. The summed E-state index contributed by atoms with van der Waals surface area (Å²) in [5, 5.41) is 10.4. The molecule has 240 valence electrons. The lowest BCUT2D eigenvalue weighted by molar-refractivity contribution is -0.139. The number of nitrogens with zero attached hydrogens (tertiary/aromatic N) is 2. The maximum Gasteiger partial charge on any atom is 0.280 e. The number of aryl methyl sites for hydroxylation is 1. The Labute approximate surface area is 266 Å². The van der Waals surface area contributed by atoms with E-state index in [2.05, 4.69) is 20.9 Å². The van der Waals surface area contributed by atoms with Crippen molar-refractivity contribution in [3.05, 3.63) is 51.5 Å². The van der Waals surface area contributed by atoms with Crippen molar-refractivity contribution in [3.63, 3.8) is 0 Å². The van der Waals surface area contributed by atoms with Crippen molar-refractivity contribution in [3.8, 4) is 0 Å². The third-order valence-corrected chi connectivity index (χ3v) is 10.7. The topological polar surface area (TPSA) is 129 Å². The highest BCUT2D eigenvalue weighted by Gasteiger charge is 2.39. The fourth-order valence-electron chi connectivity index (χ4n) is 7.16. The molecule has 1 aromatic carbocycles. The van der Waals surface area contributed by atoms with Gasteiger partial charge in [0.1, 0.15) is 0 Å². The molecule has 3 amide bonds. The second-order valence-electron chi connectivity index (χ2n) is 13.1. The van der Waals surface area contributed by atoms with Crippen LogP contribution in [0.3, 0.4) is 0 Å². The molecule has 1 saturated heterocycles. The highest BCUT2D eigenvalue weighted by molar-refractivity contribution is 7.13. The van der Waals surface area contributed by atoms with E-state index < -0.39 is 12.0 Å². The number of hydrogen-bond acceptors (Lipinski definition) is 7. The first kappa shape index (κ1) is 32.6. The second kappa shape index (κ2) is 16.0. The lowest BCUT2D eigenvalue weighted by Gasteiger charge is -2.40. The number of hydrogen-bond donors (Lipinski definition) is 4. The van der Waals surface area contributed by atoms with Crippen molar-refractivity contribution in [1.29, 1.82) is 0 Å². The summed E-state index contributed by atoms with van der Waals surface area (Å²) in [6.45, 7) is 3.55. The third-order valence-electron chi connectivity index (χ3n) is 9.75. The van der Waals surface area contributed by atoms with Gasteiger partial charge in [0.2, 0.25) is 11.8 Å². The minimum atomic E-state index is -0.564. The van der Waals surface area contributed by atoms with Gasteiger partial charge in [-0.2, -0.15) is 0 Å². The Kier molecular flexibility index (Phi) is 11.8. The molecule has 2 heterocycles. The van der Waals surface area contributed by atoms with Crippen LogP contribution >= 0.6 is 11.3 Å². The van der Waals surface area contributed by atoms with Crippen LogP contribution < -0.4 is 21.7 Å². The van der Waals surface area contributed by atoms with Crippen LogP contribution in [0.4, 0.5) is 0 Å². The fraction of sp³-hybridized carbons (Fsp3) is 0.647. The van der Waals surface area contributed by atoms with Crippen molar-refractivity contribution in [2.24, 2.45) is 17.6 Å². The molecule has 44 heavy (non-hydrogen) atoms. The highest BCUT2D eigenvalue weighted by Crippen LogP contribution is 2.30. The van der Waals surface area contributed by atoms with E-state index in [0.29, 0.717) is 43.0 Å². The molecule has 1 aromatic heterocycles. The number of aromatic nitrogens is 1. The third kappa shape index (κ3) is 8.88. The van der Waals surface area contributed by atoms with E-state index in [-0.39, 0.29) is 30.3 Å². The lowest BCUT2D eigenvalue weighted by atomic mass is 9.83. The molecule has 2 aliphatic carbocycles. The SMILES string of the molecule is Cc1cnc(C(=O)NC2CCN(C(=O)[C@@H](CC3CCCCC3)NC3CCCCC3)CC2C(=O)NCc2ccc(CN)cc2)s1. The first-order chi connectivity index (χ1) is 21.4. The predicted octanol–water partition coefficient (Wildman–Crippen LogP) is 4.43. The quantitative estimate of drug-likeness (QED) is 0.293. The van der Waals surface area contributed by atoms with Crippen molar-refractivity contribution in [2.45, 2.75) is 115 Å². The minimum absolute atomic E-state index is 0.108. The Hall–Kier alpha value is -2.82. The number of nitrogens with one attached hydrogen (secondary N) is 3. The number of piperidine rings is 1. The van der Waals surface area contributed by atoms with E-state index in [4.69, 9.17) is 5.73 Å². The van der Waals surface area contributed by atoms with Crippen LogP contribution in [0.5, 0.6) is 0 Å². The van der Waals surface area contributed by atoms with Gasteiger partial charge in [-0.3, -0.25) is 14.4 Å². The van der Waals surface area contributed by atoms with Crippen molar-refractivity contribution in [1.82, 2.24) is 25.8 Å². The summed E-state index contributed by atoms with van der Waals surface area (Å²) in [6.07, 6.45) is 15.2. The standard InChI is InChI=1S/C34H50N6O3S/c1-23-20-37-33(44-23)32(42)39-29-16-17-40(22-28(29)31(41)36-21-26-14-12-25(19-35)13-15-26)34(43)30(18-24-8-4-2-5-9-24)38-27-10-6-3-7-11-27/h12-15,20,24,27-30,38H,2-11,16-19,21-22,35H2,1H3,(H,36,41)(H,39,42)/t28?,29?,30-/m1/s1. The van der Waals surface area contributed by atoms with Crippen molar-refractivity contribution >= 4 is 29.1 Å². The van der Waals surface area contributed by atoms with Crippen molar-refractivity contribution < 1.29 is 14.4 Å². The summed E-state index contributed by atoms with van der Waals surface area (Å²) in [7, 11) is 0. The van der Waals surface area contributed by atoms with E-state index in [0.717, 1.165) is 35.3 Å². The Morgan fingerprint density at radius 1 is 0.977 bits per heavy atom. The molecule has 5 rings (SSSR count). The smallest absolute Gasteiger partial charge is 0.280 e. The lowest BCUT2D eigenvalue weighted by Crippen LogP contribution is -2.60. The maximum atomic E-state index is 14.2. The molecule has 3 fully saturated rings. The monoisotopic (exact) mass is 622 g/mol. The number of benzene rings is 1. The summed E-state index contributed by atoms with van der Waals surface area (Å²) in [5.74, 6) is -0.313. The molecule has 2 saturated carbocycles. The number of amides is 3. The van der Waals surface area contributed by atoms with Gasteiger partial charge in [-0.1, -0.05) is 75.6 Å². The zero-order chi connectivity index (χ0) is 30.9. The van der Waals surface area contributed by atoms with Gasteiger partial charge in [0, 0.05) is 49.3 Å². The summed E-state index contributed by atoms with van der Waals surface area (Å²) in [4.78, 5) is 48.2. The van der Waals surface area contributed by atoms with Crippen LogP contribution in [0.15, 0.2) is 30.5 Å². The molecule has 0 radical (unpaired) electrons. The second-order valence-corrected chi connectivity index (χ2v) is 14.3. The molecule has 3 atom stereocenters.